The molecule has 0 spiro atoms. The third-order valence-corrected chi connectivity index (χ3v) is 6.01. The van der Waals surface area contributed by atoms with Crippen LogP contribution in [0.25, 0.3) is 5.76 Å². The largest absolute Gasteiger partial charge is 0.507 e. The van der Waals surface area contributed by atoms with Crippen molar-refractivity contribution in [2.45, 2.75) is 52.7 Å². The molecule has 1 amide bonds. The molecule has 1 aliphatic heterocycles. The maximum atomic E-state index is 12.9. The molecule has 3 rings (SSSR count). The first-order chi connectivity index (χ1) is 13.8. The van der Waals surface area contributed by atoms with Gasteiger partial charge in [0.05, 0.1) is 17.7 Å². The molecule has 154 valence electrons. The number of rotatable bonds is 7. The summed E-state index contributed by atoms with van der Waals surface area (Å²) in [5.74, 6) is -0.627. The molecule has 2 aromatic rings. The lowest BCUT2D eigenvalue weighted by atomic mass is 9.98. The Balaban J connectivity index is 2.07. The van der Waals surface area contributed by atoms with Crippen LogP contribution in [-0.4, -0.2) is 34.3 Å². The zero-order chi connectivity index (χ0) is 21.1. The van der Waals surface area contributed by atoms with Gasteiger partial charge >= 0.3 is 0 Å². The van der Waals surface area contributed by atoms with Crippen molar-refractivity contribution >= 4 is 28.8 Å². The molecule has 6 heteroatoms. The lowest BCUT2D eigenvalue weighted by Gasteiger charge is -2.24. The third-order valence-electron chi connectivity index (χ3n) is 4.94. The maximum absolute atomic E-state index is 12.9. The lowest BCUT2D eigenvalue weighted by Crippen LogP contribution is -2.30. The number of amides is 1. The number of carbonyl (C=O) groups excluding carboxylic acids is 2. The Hall–Kier alpha value is -2.60. The summed E-state index contributed by atoms with van der Waals surface area (Å²) in [5, 5.41) is 13.0. The van der Waals surface area contributed by atoms with Crippen LogP contribution in [0.5, 0.6) is 5.75 Å². The summed E-state index contributed by atoms with van der Waals surface area (Å²) in [6.45, 7) is 8.37. The highest BCUT2D eigenvalue weighted by atomic mass is 32.1. The number of thiophene rings is 1. The van der Waals surface area contributed by atoms with Crippen LogP contribution < -0.4 is 4.74 Å². The second-order valence-corrected chi connectivity index (χ2v) is 8.45. The number of unbranched alkanes of at least 4 members (excludes halogenated alkanes) is 1. The molecule has 2 heterocycles. The number of carbonyl (C=O) groups is 2. The molecule has 1 aliphatic rings. The fourth-order valence-corrected chi connectivity index (χ4v) is 4.54. The van der Waals surface area contributed by atoms with Crippen molar-refractivity contribution < 1.29 is 19.4 Å². The first-order valence-corrected chi connectivity index (χ1v) is 10.8. The van der Waals surface area contributed by atoms with E-state index in [1.54, 1.807) is 29.2 Å². The van der Waals surface area contributed by atoms with E-state index in [2.05, 4.69) is 0 Å². The smallest absolute Gasteiger partial charge is 0.295 e. The van der Waals surface area contributed by atoms with Crippen LogP contribution in [0.2, 0.25) is 0 Å². The van der Waals surface area contributed by atoms with Crippen LogP contribution in [0, 0.1) is 6.92 Å². The maximum Gasteiger partial charge on any atom is 0.295 e. The van der Waals surface area contributed by atoms with Crippen LogP contribution in [0.1, 0.15) is 55.7 Å². The van der Waals surface area contributed by atoms with Crippen molar-refractivity contribution in [1.29, 1.82) is 0 Å². The van der Waals surface area contributed by atoms with Crippen molar-refractivity contribution in [2.24, 2.45) is 0 Å². The number of aliphatic hydroxyl groups is 1. The standard InChI is InChI=1S/C23H27NO4S/c1-5-6-12-24-19(22-15(4)11-13-29-22)18(21(26)23(24)27)20(25)16-7-9-17(10-8-16)28-14(2)3/h7-11,13-14,19,25H,5-6,12H2,1-4H3/b20-18-. The van der Waals surface area contributed by atoms with Crippen molar-refractivity contribution in [1.82, 2.24) is 4.90 Å². The van der Waals surface area contributed by atoms with E-state index in [0.29, 0.717) is 17.9 Å². The number of ketones is 1. The molecule has 0 aliphatic carbocycles. The Morgan fingerprint density at radius 2 is 1.90 bits per heavy atom. The van der Waals surface area contributed by atoms with Crippen LogP contribution in [0.3, 0.4) is 0 Å². The summed E-state index contributed by atoms with van der Waals surface area (Å²) in [5.41, 5.74) is 1.66. The van der Waals surface area contributed by atoms with Gasteiger partial charge in [-0.2, -0.15) is 0 Å². The number of ether oxygens (including phenoxy) is 1. The fraction of sp³-hybridized carbons (Fsp3) is 0.391. The molecule has 0 radical (unpaired) electrons. The summed E-state index contributed by atoms with van der Waals surface area (Å²) < 4.78 is 5.64. The SMILES string of the molecule is CCCCN1C(=O)C(=O)/C(=C(\O)c2ccc(OC(C)C)cc2)C1c1sccc1C. The average Bonchev–Trinajstić information content (AvgIpc) is 3.21. The molecule has 1 unspecified atom stereocenters. The summed E-state index contributed by atoms with van der Waals surface area (Å²) in [4.78, 5) is 28.2. The van der Waals surface area contributed by atoms with E-state index in [1.165, 1.54) is 11.3 Å². The van der Waals surface area contributed by atoms with Crippen molar-refractivity contribution in [3.05, 3.63) is 57.3 Å². The number of benzene rings is 1. The van der Waals surface area contributed by atoms with Gasteiger partial charge in [-0.15, -0.1) is 11.3 Å². The third kappa shape index (κ3) is 4.22. The van der Waals surface area contributed by atoms with E-state index < -0.39 is 17.7 Å². The summed E-state index contributed by atoms with van der Waals surface area (Å²) in [7, 11) is 0. The predicted molar refractivity (Wildman–Crippen MR) is 115 cm³/mol. The molecule has 5 nitrogen and oxygen atoms in total. The molecule has 1 N–H and O–H groups in total. The van der Waals surface area contributed by atoms with Gasteiger partial charge in [-0.3, -0.25) is 9.59 Å². The molecule has 1 fully saturated rings. The Kier molecular flexibility index (Phi) is 6.42. The highest BCUT2D eigenvalue weighted by Crippen LogP contribution is 2.42. The van der Waals surface area contributed by atoms with Gasteiger partial charge in [0, 0.05) is 17.0 Å². The van der Waals surface area contributed by atoms with Crippen LogP contribution in [0.4, 0.5) is 0 Å². The first kappa shape index (κ1) is 21.1. The lowest BCUT2D eigenvalue weighted by molar-refractivity contribution is -0.139. The molecule has 29 heavy (non-hydrogen) atoms. The summed E-state index contributed by atoms with van der Waals surface area (Å²) >= 11 is 1.50. The predicted octanol–water partition coefficient (Wildman–Crippen LogP) is 5.07. The number of likely N-dealkylation sites (tertiary alicyclic amines) is 1. The second kappa shape index (κ2) is 8.82. The van der Waals surface area contributed by atoms with E-state index in [9.17, 15) is 14.7 Å². The zero-order valence-electron chi connectivity index (χ0n) is 17.3. The zero-order valence-corrected chi connectivity index (χ0v) is 18.1. The second-order valence-electron chi connectivity index (χ2n) is 7.50. The first-order valence-electron chi connectivity index (χ1n) is 9.94. The van der Waals surface area contributed by atoms with Crippen molar-refractivity contribution in [2.75, 3.05) is 6.54 Å². The monoisotopic (exact) mass is 413 g/mol. The van der Waals surface area contributed by atoms with Crippen molar-refractivity contribution in [3.8, 4) is 5.75 Å². The van der Waals surface area contributed by atoms with E-state index in [4.69, 9.17) is 4.74 Å². The number of aryl methyl sites for hydroxylation is 1. The molecule has 0 bridgehead atoms. The highest BCUT2D eigenvalue weighted by molar-refractivity contribution is 7.10. The van der Waals surface area contributed by atoms with E-state index in [1.807, 2.05) is 39.1 Å². The molecular weight excluding hydrogens is 386 g/mol. The van der Waals surface area contributed by atoms with Crippen LogP contribution in [0.15, 0.2) is 41.3 Å². The number of Topliss-reactive ketones (excluding diaryl/α,β-unsaturated/α-hetero) is 1. The number of aliphatic hydroxyl groups excluding tert-OH is 1. The van der Waals surface area contributed by atoms with E-state index in [-0.39, 0.29) is 17.4 Å². The fourth-order valence-electron chi connectivity index (χ4n) is 3.50. The molecule has 1 saturated heterocycles. The number of hydrogen-bond acceptors (Lipinski definition) is 5. The Morgan fingerprint density at radius 3 is 2.45 bits per heavy atom. The van der Waals surface area contributed by atoms with E-state index in [0.717, 1.165) is 23.3 Å². The molecule has 0 saturated carbocycles. The minimum atomic E-state index is -0.626. The topological polar surface area (TPSA) is 66.8 Å². The minimum absolute atomic E-state index is 0.0418. The Morgan fingerprint density at radius 1 is 1.21 bits per heavy atom. The van der Waals surface area contributed by atoms with Gasteiger partial charge in [-0.05, 0) is 68.5 Å². The van der Waals surface area contributed by atoms with Gasteiger partial charge < -0.3 is 14.7 Å². The van der Waals surface area contributed by atoms with Gasteiger partial charge in [-0.1, -0.05) is 13.3 Å². The number of hydrogen-bond donors (Lipinski definition) is 1. The highest BCUT2D eigenvalue weighted by Gasteiger charge is 2.46. The van der Waals surface area contributed by atoms with Crippen LogP contribution in [-0.2, 0) is 9.59 Å². The Labute approximate surface area is 175 Å². The van der Waals surface area contributed by atoms with E-state index >= 15 is 0 Å². The normalized spacial score (nSPS) is 18.7. The molecule has 1 aromatic carbocycles. The van der Waals surface area contributed by atoms with Crippen molar-refractivity contribution in [3.63, 3.8) is 0 Å². The average molecular weight is 414 g/mol. The number of nitrogens with zero attached hydrogens (tertiary/aromatic N) is 1. The minimum Gasteiger partial charge on any atom is -0.507 e. The molecule has 1 atom stereocenters. The molecule has 1 aromatic heterocycles. The summed E-state index contributed by atoms with van der Waals surface area (Å²) in [6, 6.07) is 8.36. The van der Waals surface area contributed by atoms with Crippen LogP contribution >= 0.6 is 11.3 Å². The van der Waals surface area contributed by atoms with Gasteiger partial charge in [0.2, 0.25) is 0 Å². The molecular formula is C23H27NO4S. The summed E-state index contributed by atoms with van der Waals surface area (Å²) in [6.07, 6.45) is 1.76. The quantitative estimate of drug-likeness (QED) is 0.391. The van der Waals surface area contributed by atoms with Gasteiger partial charge in [0.1, 0.15) is 11.5 Å². The van der Waals surface area contributed by atoms with Gasteiger partial charge in [0.25, 0.3) is 11.7 Å². The van der Waals surface area contributed by atoms with Gasteiger partial charge in [0.15, 0.2) is 0 Å². The Bertz CT molecular complexity index is 927. The van der Waals surface area contributed by atoms with Gasteiger partial charge in [-0.25, -0.2) is 0 Å².